The van der Waals surface area contributed by atoms with Gasteiger partial charge in [-0.25, -0.2) is 4.31 Å². The largest absolute Gasteiger partial charge is 0.425 e. The van der Waals surface area contributed by atoms with E-state index in [1.54, 1.807) is 30.3 Å². The van der Waals surface area contributed by atoms with E-state index in [1.165, 1.54) is 24.3 Å². The first-order valence-corrected chi connectivity index (χ1v) is 9.99. The van der Waals surface area contributed by atoms with Crippen LogP contribution in [0.5, 0.6) is 5.75 Å². The number of hydrogen-bond donors (Lipinski definition) is 0. The van der Waals surface area contributed by atoms with E-state index in [4.69, 9.17) is 4.74 Å². The normalized spacial score (nSPS) is 15.5. The highest BCUT2D eigenvalue weighted by Gasteiger charge is 2.32. The topological polar surface area (TPSA) is 114 Å². The summed E-state index contributed by atoms with van der Waals surface area (Å²) in [5, 5.41) is 10.8. The Hall–Kier alpha value is -3.27. The van der Waals surface area contributed by atoms with Crippen LogP contribution >= 0.6 is 0 Å². The van der Waals surface area contributed by atoms with Gasteiger partial charge in [-0.15, -0.1) is 4.40 Å². The van der Waals surface area contributed by atoms with Crippen LogP contribution < -0.4 is 4.74 Å². The van der Waals surface area contributed by atoms with Gasteiger partial charge in [-0.05, 0) is 18.6 Å². The molecule has 0 radical (unpaired) electrons. The highest BCUT2D eigenvalue weighted by atomic mass is 32.2. The van der Waals surface area contributed by atoms with Gasteiger partial charge in [-0.3, -0.25) is 10.1 Å². The van der Waals surface area contributed by atoms with Gasteiger partial charge < -0.3 is 4.74 Å². The number of nitro benzene ring substituents is 1. The monoisotopic (exact) mass is 402 g/mol. The van der Waals surface area contributed by atoms with Crippen molar-refractivity contribution in [2.45, 2.75) is 19.8 Å². The third-order valence-electron chi connectivity index (χ3n) is 3.90. The van der Waals surface area contributed by atoms with Crippen LogP contribution in [-0.2, 0) is 10.2 Å². The third kappa shape index (κ3) is 4.34. The summed E-state index contributed by atoms with van der Waals surface area (Å²) in [5.41, 5.74) is 0.436. The van der Waals surface area contributed by atoms with E-state index in [2.05, 4.69) is 9.39 Å². The molecule has 0 fully saturated rings. The molecule has 1 heterocycles. The molecule has 2 aromatic carbocycles. The first-order valence-electron chi connectivity index (χ1n) is 8.60. The summed E-state index contributed by atoms with van der Waals surface area (Å²) in [5.74, 6) is 0.251. The highest BCUT2D eigenvalue weighted by Crippen LogP contribution is 2.22. The van der Waals surface area contributed by atoms with Crippen molar-refractivity contribution in [3.05, 3.63) is 70.3 Å². The number of benzene rings is 2. The molecule has 1 aliphatic heterocycles. The molecule has 3 rings (SSSR count). The number of unbranched alkanes of at least 4 members (excludes halogenated alkanes) is 1. The van der Waals surface area contributed by atoms with Crippen LogP contribution in [0.4, 0.5) is 5.69 Å². The number of hydrogen-bond acceptors (Lipinski definition) is 6. The first-order chi connectivity index (χ1) is 13.4. The van der Waals surface area contributed by atoms with Crippen LogP contribution in [0, 0.1) is 10.1 Å². The van der Waals surface area contributed by atoms with E-state index in [9.17, 15) is 18.5 Å². The minimum Gasteiger partial charge on any atom is -0.425 e. The van der Waals surface area contributed by atoms with Gasteiger partial charge in [0.2, 0.25) is 0 Å². The molecule has 1 aliphatic rings. The van der Waals surface area contributed by atoms with Gasteiger partial charge in [-0.1, -0.05) is 43.7 Å². The highest BCUT2D eigenvalue weighted by molar-refractivity contribution is 7.88. The Balaban J connectivity index is 1.98. The fourth-order valence-corrected chi connectivity index (χ4v) is 3.55. The summed E-state index contributed by atoms with van der Waals surface area (Å²) >= 11 is 0. The predicted molar refractivity (Wildman–Crippen MR) is 105 cm³/mol. The number of amidine groups is 2. The molecular formula is C18H18N4O5S. The third-order valence-corrected chi connectivity index (χ3v) is 5.20. The van der Waals surface area contributed by atoms with Crippen molar-refractivity contribution in [1.29, 1.82) is 0 Å². The molecule has 0 bridgehead atoms. The summed E-state index contributed by atoms with van der Waals surface area (Å²) in [7, 11) is -4.03. The van der Waals surface area contributed by atoms with Crippen molar-refractivity contribution in [1.82, 2.24) is 4.31 Å². The molecule has 0 amide bonds. The van der Waals surface area contributed by atoms with Crippen LogP contribution in [0.1, 0.15) is 25.3 Å². The summed E-state index contributed by atoms with van der Waals surface area (Å²) in [6.07, 6.45) is 1.37. The molecule has 0 saturated heterocycles. The van der Waals surface area contributed by atoms with E-state index >= 15 is 0 Å². The predicted octanol–water partition coefficient (Wildman–Crippen LogP) is 3.14. The van der Waals surface area contributed by atoms with Gasteiger partial charge in [0.05, 0.1) is 4.92 Å². The molecule has 28 heavy (non-hydrogen) atoms. The zero-order valence-corrected chi connectivity index (χ0v) is 15.9. The van der Waals surface area contributed by atoms with E-state index in [0.29, 0.717) is 12.0 Å². The second-order valence-electron chi connectivity index (χ2n) is 5.93. The van der Waals surface area contributed by atoms with Crippen molar-refractivity contribution in [3.63, 3.8) is 0 Å². The Labute approximate surface area is 162 Å². The molecule has 0 unspecified atom stereocenters. The Morgan fingerprint density at radius 1 is 1.11 bits per heavy atom. The van der Waals surface area contributed by atoms with Gasteiger partial charge >= 0.3 is 16.2 Å². The molecule has 146 valence electrons. The maximum atomic E-state index is 12.7. The van der Waals surface area contributed by atoms with Gasteiger partial charge in [0.15, 0.2) is 5.84 Å². The number of nitro groups is 1. The van der Waals surface area contributed by atoms with E-state index in [0.717, 1.165) is 10.7 Å². The number of rotatable bonds is 6. The smallest absolute Gasteiger partial charge is 0.350 e. The molecule has 0 aliphatic carbocycles. The second kappa shape index (κ2) is 8.17. The molecule has 2 aromatic rings. The zero-order valence-electron chi connectivity index (χ0n) is 15.1. The summed E-state index contributed by atoms with van der Waals surface area (Å²) in [4.78, 5) is 14.6. The average molecular weight is 402 g/mol. The quantitative estimate of drug-likeness (QED) is 0.544. The number of nitrogens with zero attached hydrogens (tertiary/aromatic N) is 4. The SMILES string of the molecule is CCCCN1C(Oc2ccc([N+](=O)[O-])cc2)=NC(c2ccccc2)=NS1(=O)=O. The summed E-state index contributed by atoms with van der Waals surface area (Å²) < 4.78 is 35.9. The van der Waals surface area contributed by atoms with Crippen molar-refractivity contribution in [3.8, 4) is 5.75 Å². The molecular weight excluding hydrogens is 384 g/mol. The number of ether oxygens (including phenoxy) is 1. The minimum atomic E-state index is -4.03. The van der Waals surface area contributed by atoms with E-state index < -0.39 is 15.1 Å². The van der Waals surface area contributed by atoms with Gasteiger partial charge in [0.1, 0.15) is 5.75 Å². The maximum Gasteiger partial charge on any atom is 0.350 e. The van der Waals surface area contributed by atoms with E-state index in [-0.39, 0.29) is 29.8 Å². The molecule has 0 N–H and O–H groups in total. The lowest BCUT2D eigenvalue weighted by atomic mass is 10.2. The molecule has 9 nitrogen and oxygen atoms in total. The molecule has 0 aromatic heterocycles. The lowest BCUT2D eigenvalue weighted by Gasteiger charge is -2.25. The van der Waals surface area contributed by atoms with Crippen molar-refractivity contribution in [2.75, 3.05) is 6.54 Å². The first kappa shape index (κ1) is 19.5. The van der Waals surface area contributed by atoms with Crippen LogP contribution in [0.3, 0.4) is 0 Å². The number of non-ortho nitro benzene ring substituents is 1. The molecule has 10 heteroatoms. The fourth-order valence-electron chi connectivity index (χ4n) is 2.46. The maximum absolute atomic E-state index is 12.7. The Morgan fingerprint density at radius 2 is 1.79 bits per heavy atom. The lowest BCUT2D eigenvalue weighted by Crippen LogP contribution is -2.43. The van der Waals surface area contributed by atoms with Crippen LogP contribution in [0.25, 0.3) is 0 Å². The van der Waals surface area contributed by atoms with Crippen molar-refractivity contribution in [2.24, 2.45) is 9.39 Å². The zero-order chi connectivity index (χ0) is 20.1. The van der Waals surface area contributed by atoms with Gasteiger partial charge in [-0.2, -0.15) is 13.4 Å². The van der Waals surface area contributed by atoms with Crippen LogP contribution in [0.2, 0.25) is 0 Å². The fraction of sp³-hybridized carbons (Fsp3) is 0.222. The second-order valence-corrected chi connectivity index (χ2v) is 7.45. The summed E-state index contributed by atoms with van der Waals surface area (Å²) in [6, 6.07) is 13.9. The average Bonchev–Trinajstić information content (AvgIpc) is 2.68. The Morgan fingerprint density at radius 3 is 2.39 bits per heavy atom. The van der Waals surface area contributed by atoms with Gasteiger partial charge in [0, 0.05) is 24.2 Å². The Bertz CT molecular complexity index is 1020. The van der Waals surface area contributed by atoms with E-state index in [1.807, 2.05) is 6.92 Å². The minimum absolute atomic E-state index is 0.0188. The van der Waals surface area contributed by atoms with Gasteiger partial charge in [0.25, 0.3) is 5.69 Å². The van der Waals surface area contributed by atoms with Crippen LogP contribution in [-0.4, -0.2) is 36.0 Å². The molecule has 0 atom stereocenters. The summed E-state index contributed by atoms with van der Waals surface area (Å²) in [6.45, 7) is 2.10. The molecule has 0 spiro atoms. The molecule has 0 saturated carbocycles. The number of aliphatic imine (C=N–C) groups is 1. The van der Waals surface area contributed by atoms with Crippen molar-refractivity contribution < 1.29 is 18.1 Å². The van der Waals surface area contributed by atoms with Crippen LogP contribution in [0.15, 0.2) is 64.0 Å². The Kier molecular flexibility index (Phi) is 5.69. The van der Waals surface area contributed by atoms with Crippen molar-refractivity contribution >= 4 is 27.8 Å². The standard InChI is InChI=1S/C18H18N4O5S/c1-2-3-13-21-18(27-16-11-9-15(10-12-16)22(23)24)19-17(20-28(21,25)26)14-7-5-4-6-8-14/h4-12H,2-3,13H2,1H3. The lowest BCUT2D eigenvalue weighted by molar-refractivity contribution is -0.384.